The maximum Gasteiger partial charge on any atom is 0.231 e. The van der Waals surface area contributed by atoms with Crippen molar-refractivity contribution in [1.29, 1.82) is 0 Å². The third-order valence-electron chi connectivity index (χ3n) is 4.28. The number of benzene rings is 1. The summed E-state index contributed by atoms with van der Waals surface area (Å²) in [5, 5.41) is 2.94. The van der Waals surface area contributed by atoms with E-state index < -0.39 is 5.41 Å². The van der Waals surface area contributed by atoms with Gasteiger partial charge < -0.3 is 14.8 Å². The Labute approximate surface area is 143 Å². The van der Waals surface area contributed by atoms with Gasteiger partial charge in [-0.2, -0.15) is 0 Å². The average molecular weight is 334 g/mol. The Morgan fingerprint density at radius 2 is 1.79 bits per heavy atom. The molecule has 2 rings (SSSR count). The van der Waals surface area contributed by atoms with Crippen LogP contribution < -0.4 is 14.8 Å². The third-order valence-corrected chi connectivity index (χ3v) is 4.28. The molecule has 0 saturated heterocycles. The first kappa shape index (κ1) is 18.3. The molecule has 0 radical (unpaired) electrons. The molecular weight excluding hydrogens is 308 g/mol. The van der Waals surface area contributed by atoms with Crippen molar-refractivity contribution in [3.05, 3.63) is 23.8 Å². The molecule has 1 aromatic rings. The van der Waals surface area contributed by atoms with Gasteiger partial charge in [0.05, 0.1) is 12.2 Å². The molecule has 6 heteroatoms. The van der Waals surface area contributed by atoms with Gasteiger partial charge in [-0.05, 0) is 39.1 Å². The molecule has 1 aromatic carbocycles. The molecule has 1 amide bonds. The Morgan fingerprint density at radius 3 is 2.42 bits per heavy atom. The van der Waals surface area contributed by atoms with Gasteiger partial charge in [0.2, 0.25) is 12.7 Å². The number of ketones is 1. The van der Waals surface area contributed by atoms with Crippen LogP contribution >= 0.6 is 0 Å². The summed E-state index contributed by atoms with van der Waals surface area (Å²) < 4.78 is 10.6. The zero-order valence-corrected chi connectivity index (χ0v) is 15.2. The summed E-state index contributed by atoms with van der Waals surface area (Å²) in [6, 6.07) is 4.79. The summed E-state index contributed by atoms with van der Waals surface area (Å²) in [5.41, 5.74) is 0.0904. The number of amides is 1. The summed E-state index contributed by atoms with van der Waals surface area (Å²) in [4.78, 5) is 26.7. The van der Waals surface area contributed by atoms with Gasteiger partial charge in [0.15, 0.2) is 17.3 Å². The second-order valence-corrected chi connectivity index (χ2v) is 7.17. The molecule has 0 aliphatic carbocycles. The highest BCUT2D eigenvalue weighted by atomic mass is 16.7. The molecular formula is C18H26N2O4. The van der Waals surface area contributed by atoms with Crippen molar-refractivity contribution >= 4 is 11.7 Å². The standard InChI is InChI=1S/C18H26N2O4/c1-11(20(6)12(2)19-17(22)18(3,4)5)16(21)13-7-8-14-15(9-13)24-10-23-14/h7-9,11-12H,10H2,1-6H3,(H,19,22). The highest BCUT2D eigenvalue weighted by Crippen LogP contribution is 2.33. The lowest BCUT2D eigenvalue weighted by Gasteiger charge is -2.32. The van der Waals surface area contributed by atoms with Gasteiger partial charge >= 0.3 is 0 Å². The quantitative estimate of drug-likeness (QED) is 0.662. The first-order valence-electron chi connectivity index (χ1n) is 8.08. The minimum Gasteiger partial charge on any atom is -0.454 e. The maximum absolute atomic E-state index is 12.7. The largest absolute Gasteiger partial charge is 0.454 e. The molecule has 2 atom stereocenters. The number of nitrogens with zero attached hydrogens (tertiary/aromatic N) is 1. The number of fused-ring (bicyclic) bond motifs is 1. The van der Waals surface area contributed by atoms with Crippen LogP contribution in [0.4, 0.5) is 0 Å². The molecule has 132 valence electrons. The van der Waals surface area contributed by atoms with E-state index in [0.717, 1.165) is 0 Å². The Hall–Kier alpha value is -2.08. The number of ether oxygens (including phenoxy) is 2. The summed E-state index contributed by atoms with van der Waals surface area (Å²) in [7, 11) is 1.82. The normalized spacial score (nSPS) is 16.0. The van der Waals surface area contributed by atoms with Gasteiger partial charge in [-0.15, -0.1) is 0 Å². The van der Waals surface area contributed by atoms with Crippen LogP contribution in [0, 0.1) is 5.41 Å². The molecule has 1 N–H and O–H groups in total. The van der Waals surface area contributed by atoms with E-state index in [9.17, 15) is 9.59 Å². The third kappa shape index (κ3) is 3.87. The zero-order valence-electron chi connectivity index (χ0n) is 15.2. The van der Waals surface area contributed by atoms with Crippen LogP contribution in [-0.4, -0.2) is 42.6 Å². The number of rotatable bonds is 5. The van der Waals surface area contributed by atoms with E-state index in [4.69, 9.17) is 9.47 Å². The summed E-state index contributed by atoms with van der Waals surface area (Å²) >= 11 is 0. The van der Waals surface area contributed by atoms with Crippen LogP contribution in [0.2, 0.25) is 0 Å². The molecule has 6 nitrogen and oxygen atoms in total. The van der Waals surface area contributed by atoms with Crippen molar-refractivity contribution < 1.29 is 19.1 Å². The van der Waals surface area contributed by atoms with E-state index in [1.54, 1.807) is 18.2 Å². The second-order valence-electron chi connectivity index (χ2n) is 7.17. The first-order valence-corrected chi connectivity index (χ1v) is 8.08. The predicted octanol–water partition coefficient (Wildman–Crippen LogP) is 2.43. The Balaban J connectivity index is 2.05. The Morgan fingerprint density at radius 1 is 1.17 bits per heavy atom. The van der Waals surface area contributed by atoms with E-state index >= 15 is 0 Å². The lowest BCUT2D eigenvalue weighted by atomic mass is 9.95. The molecule has 0 aromatic heterocycles. The van der Waals surface area contributed by atoms with Crippen LogP contribution in [0.1, 0.15) is 45.0 Å². The Bertz CT molecular complexity index is 636. The van der Waals surface area contributed by atoms with Crippen molar-refractivity contribution in [2.75, 3.05) is 13.8 Å². The topological polar surface area (TPSA) is 67.9 Å². The fourth-order valence-corrected chi connectivity index (χ4v) is 2.32. The Kier molecular flexibility index (Phi) is 5.18. The highest BCUT2D eigenvalue weighted by Gasteiger charge is 2.28. The summed E-state index contributed by atoms with van der Waals surface area (Å²) in [6.45, 7) is 9.45. The van der Waals surface area contributed by atoms with Crippen molar-refractivity contribution in [3.63, 3.8) is 0 Å². The van der Waals surface area contributed by atoms with Crippen LogP contribution in [0.3, 0.4) is 0 Å². The molecule has 0 spiro atoms. The maximum atomic E-state index is 12.7. The van der Waals surface area contributed by atoms with Crippen molar-refractivity contribution in [3.8, 4) is 11.5 Å². The molecule has 1 aliphatic heterocycles. The van der Waals surface area contributed by atoms with E-state index in [2.05, 4.69) is 5.32 Å². The fourth-order valence-electron chi connectivity index (χ4n) is 2.32. The minimum atomic E-state index is -0.473. The number of hydrogen-bond acceptors (Lipinski definition) is 5. The van der Waals surface area contributed by atoms with Gasteiger partial charge in [0, 0.05) is 11.0 Å². The van der Waals surface area contributed by atoms with Gasteiger partial charge in [-0.1, -0.05) is 20.8 Å². The van der Waals surface area contributed by atoms with Crippen molar-refractivity contribution in [2.24, 2.45) is 5.41 Å². The number of nitrogens with one attached hydrogen (secondary N) is 1. The van der Waals surface area contributed by atoms with Crippen molar-refractivity contribution in [1.82, 2.24) is 10.2 Å². The molecule has 0 bridgehead atoms. The molecule has 1 aliphatic rings. The van der Waals surface area contributed by atoms with Crippen LogP contribution in [-0.2, 0) is 4.79 Å². The smallest absolute Gasteiger partial charge is 0.231 e. The molecule has 2 unspecified atom stereocenters. The van der Waals surface area contributed by atoms with E-state index in [1.807, 2.05) is 46.6 Å². The van der Waals surface area contributed by atoms with Gasteiger partial charge in [-0.25, -0.2) is 0 Å². The van der Waals surface area contributed by atoms with Crippen molar-refractivity contribution in [2.45, 2.75) is 46.8 Å². The number of hydrogen-bond donors (Lipinski definition) is 1. The average Bonchev–Trinajstić information content (AvgIpc) is 2.99. The SMILES string of the molecule is CC(NC(=O)C(C)(C)C)N(C)C(C)C(=O)c1ccc2c(c1)OCO2. The monoisotopic (exact) mass is 334 g/mol. The number of likely N-dealkylation sites (N-methyl/N-ethyl adjacent to an activating group) is 1. The summed E-state index contributed by atoms with van der Waals surface area (Å²) in [6.07, 6.45) is -0.260. The molecule has 1 heterocycles. The highest BCUT2D eigenvalue weighted by molar-refractivity contribution is 6.00. The number of carbonyl (C=O) groups excluding carboxylic acids is 2. The van der Waals surface area contributed by atoms with Crippen LogP contribution in [0.15, 0.2) is 18.2 Å². The molecule has 0 fully saturated rings. The lowest BCUT2D eigenvalue weighted by molar-refractivity contribution is -0.130. The fraction of sp³-hybridized carbons (Fsp3) is 0.556. The van der Waals surface area contributed by atoms with E-state index in [0.29, 0.717) is 17.1 Å². The number of carbonyl (C=O) groups is 2. The van der Waals surface area contributed by atoms with Gasteiger partial charge in [-0.3, -0.25) is 14.5 Å². The summed E-state index contributed by atoms with van der Waals surface area (Å²) in [5.74, 6) is 1.15. The van der Waals surface area contributed by atoms with Gasteiger partial charge in [0.1, 0.15) is 0 Å². The molecule has 0 saturated carbocycles. The zero-order chi connectivity index (χ0) is 18.1. The predicted molar refractivity (Wildman–Crippen MR) is 91.2 cm³/mol. The van der Waals surface area contributed by atoms with Gasteiger partial charge in [0.25, 0.3) is 0 Å². The van der Waals surface area contributed by atoms with E-state index in [1.165, 1.54) is 0 Å². The molecule has 24 heavy (non-hydrogen) atoms. The van der Waals surface area contributed by atoms with Crippen LogP contribution in [0.5, 0.6) is 11.5 Å². The second kappa shape index (κ2) is 6.81. The van der Waals surface area contributed by atoms with Crippen LogP contribution in [0.25, 0.3) is 0 Å². The lowest BCUT2D eigenvalue weighted by Crippen LogP contribution is -2.52. The number of Topliss-reactive ketones (excluding diaryl/α,β-unsaturated/α-hetero) is 1. The van der Waals surface area contributed by atoms with E-state index in [-0.39, 0.29) is 30.7 Å². The minimum absolute atomic E-state index is 0.0346. The first-order chi connectivity index (χ1) is 11.1.